The lowest BCUT2D eigenvalue weighted by atomic mass is 10.2. The maximum absolute atomic E-state index is 11.8. The van der Waals surface area contributed by atoms with Gasteiger partial charge < -0.3 is 9.72 Å². The van der Waals surface area contributed by atoms with Gasteiger partial charge >= 0.3 is 5.97 Å². The minimum absolute atomic E-state index is 0.308. The van der Waals surface area contributed by atoms with Crippen molar-refractivity contribution >= 4 is 29.4 Å². The van der Waals surface area contributed by atoms with Gasteiger partial charge in [0.15, 0.2) is 10.4 Å². The lowest BCUT2D eigenvalue weighted by molar-refractivity contribution is -0.146. The smallest absolute Gasteiger partial charge is 0.328 e. The molecule has 0 aromatic carbocycles. The summed E-state index contributed by atoms with van der Waals surface area (Å²) in [6.45, 7) is 5.85. The minimum Gasteiger partial charge on any atom is -0.464 e. The van der Waals surface area contributed by atoms with Crippen LogP contribution in [0.1, 0.15) is 25.5 Å². The summed E-state index contributed by atoms with van der Waals surface area (Å²) in [6, 6.07) is 1.41. The lowest BCUT2D eigenvalue weighted by Gasteiger charge is -2.12. The number of aromatic nitrogens is 3. The summed E-state index contributed by atoms with van der Waals surface area (Å²) in [5, 5.41) is 0. The molecular weight excluding hydrogens is 250 g/mol. The van der Waals surface area contributed by atoms with Crippen molar-refractivity contribution in [3.8, 4) is 0 Å². The Morgan fingerprint density at radius 1 is 1.67 bits per heavy atom. The van der Waals surface area contributed by atoms with Gasteiger partial charge in [0.25, 0.3) is 0 Å². The van der Waals surface area contributed by atoms with E-state index in [4.69, 9.17) is 17.0 Å². The number of H-pyrrole nitrogens is 1. The third-order valence-corrected chi connectivity index (χ3v) is 3.13. The Labute approximate surface area is 110 Å². The van der Waals surface area contributed by atoms with E-state index in [1.54, 1.807) is 24.6 Å². The molecule has 1 unspecified atom stereocenters. The van der Waals surface area contributed by atoms with Crippen molar-refractivity contribution in [1.82, 2.24) is 14.5 Å². The second-order valence-corrected chi connectivity index (χ2v) is 4.44. The molecule has 0 aliphatic carbocycles. The number of carbonyl (C=O) groups is 1. The van der Waals surface area contributed by atoms with E-state index in [2.05, 4.69) is 9.97 Å². The summed E-state index contributed by atoms with van der Waals surface area (Å²) in [7, 11) is 0. The Morgan fingerprint density at radius 2 is 2.39 bits per heavy atom. The number of carbonyl (C=O) groups excluding carboxylic acids is 1. The molecule has 1 atom stereocenters. The molecule has 96 valence electrons. The number of ether oxygens (including phenoxy) is 1. The van der Waals surface area contributed by atoms with E-state index in [-0.39, 0.29) is 5.97 Å². The number of hydrogen-bond donors (Lipinski definition) is 1. The molecule has 0 saturated heterocycles. The molecule has 2 aromatic rings. The third kappa shape index (κ3) is 2.03. The van der Waals surface area contributed by atoms with E-state index in [0.717, 1.165) is 11.1 Å². The number of fused-ring (bicyclic) bond motifs is 1. The molecule has 0 bridgehead atoms. The number of aromatic amines is 1. The van der Waals surface area contributed by atoms with Crippen molar-refractivity contribution in [3.05, 3.63) is 22.6 Å². The molecule has 2 rings (SSSR count). The first kappa shape index (κ1) is 12.8. The lowest BCUT2D eigenvalue weighted by Crippen LogP contribution is -2.19. The van der Waals surface area contributed by atoms with Crippen molar-refractivity contribution in [2.24, 2.45) is 0 Å². The van der Waals surface area contributed by atoms with Crippen LogP contribution in [0.4, 0.5) is 0 Å². The van der Waals surface area contributed by atoms with E-state index in [1.807, 2.05) is 13.0 Å². The average Bonchev–Trinajstić information content (AvgIpc) is 2.66. The summed E-state index contributed by atoms with van der Waals surface area (Å²) in [4.78, 5) is 19.2. The van der Waals surface area contributed by atoms with Crippen LogP contribution in [0.2, 0.25) is 0 Å². The van der Waals surface area contributed by atoms with Gasteiger partial charge in [-0.15, -0.1) is 0 Å². The maximum Gasteiger partial charge on any atom is 0.328 e. The Hall–Kier alpha value is -1.69. The molecule has 0 radical (unpaired) electrons. The number of esters is 1. The predicted octanol–water partition coefficient (Wildman–Crippen LogP) is 2.53. The largest absolute Gasteiger partial charge is 0.464 e. The van der Waals surface area contributed by atoms with Gasteiger partial charge in [0.1, 0.15) is 6.04 Å². The molecule has 1 N–H and O–H groups in total. The van der Waals surface area contributed by atoms with Crippen LogP contribution in [0.3, 0.4) is 0 Å². The molecule has 2 heterocycles. The van der Waals surface area contributed by atoms with Gasteiger partial charge in [0, 0.05) is 6.20 Å². The number of aryl methyl sites for hydroxylation is 1. The molecule has 0 aliphatic heterocycles. The Morgan fingerprint density at radius 3 is 3.06 bits per heavy atom. The third-order valence-electron chi connectivity index (χ3n) is 2.83. The summed E-state index contributed by atoms with van der Waals surface area (Å²) < 4.78 is 7.18. The Bertz CT molecular complexity index is 644. The number of imidazole rings is 1. The van der Waals surface area contributed by atoms with Gasteiger partial charge in [-0.3, -0.25) is 4.57 Å². The van der Waals surface area contributed by atoms with Crippen LogP contribution in [0, 0.1) is 11.7 Å². The van der Waals surface area contributed by atoms with Gasteiger partial charge in [-0.2, -0.15) is 0 Å². The fourth-order valence-corrected chi connectivity index (χ4v) is 2.22. The topological polar surface area (TPSA) is 59.9 Å². The predicted molar refractivity (Wildman–Crippen MR) is 71.0 cm³/mol. The standard InChI is InChI=1S/C12H15N3O2S/c1-4-17-11(16)8(3)15-10-9(14-12(15)18)7(2)5-6-13-10/h5-6,8H,4H2,1-3H3,(H,14,18). The van der Waals surface area contributed by atoms with Crippen LogP contribution in [-0.2, 0) is 9.53 Å². The summed E-state index contributed by atoms with van der Waals surface area (Å²) >= 11 is 5.25. The van der Waals surface area contributed by atoms with Gasteiger partial charge in [-0.05, 0) is 44.6 Å². The van der Waals surface area contributed by atoms with Crippen LogP contribution in [-0.4, -0.2) is 27.1 Å². The summed E-state index contributed by atoms with van der Waals surface area (Å²) in [5.74, 6) is -0.308. The molecule has 5 nitrogen and oxygen atoms in total. The van der Waals surface area contributed by atoms with Crippen LogP contribution in [0.15, 0.2) is 12.3 Å². The van der Waals surface area contributed by atoms with Crippen LogP contribution in [0.5, 0.6) is 0 Å². The SMILES string of the molecule is CCOC(=O)C(C)n1c(=S)[nH]c2c(C)ccnc21. The van der Waals surface area contributed by atoms with Crippen molar-refractivity contribution in [3.63, 3.8) is 0 Å². The highest BCUT2D eigenvalue weighted by Gasteiger charge is 2.20. The van der Waals surface area contributed by atoms with Crippen molar-refractivity contribution < 1.29 is 9.53 Å². The molecule has 0 aliphatic rings. The molecule has 0 saturated carbocycles. The first-order valence-corrected chi connectivity index (χ1v) is 6.19. The van der Waals surface area contributed by atoms with Crippen molar-refractivity contribution in [1.29, 1.82) is 0 Å². The molecule has 18 heavy (non-hydrogen) atoms. The molecule has 0 fully saturated rings. The number of hydrogen-bond acceptors (Lipinski definition) is 4. The quantitative estimate of drug-likeness (QED) is 0.684. The fourth-order valence-electron chi connectivity index (χ4n) is 1.87. The van der Waals surface area contributed by atoms with E-state index in [0.29, 0.717) is 17.0 Å². The van der Waals surface area contributed by atoms with E-state index in [9.17, 15) is 4.79 Å². The van der Waals surface area contributed by atoms with Gasteiger partial charge in [0.2, 0.25) is 0 Å². The van der Waals surface area contributed by atoms with E-state index in [1.165, 1.54) is 0 Å². The molecular formula is C12H15N3O2S. The van der Waals surface area contributed by atoms with Crippen LogP contribution < -0.4 is 0 Å². The van der Waals surface area contributed by atoms with E-state index < -0.39 is 6.04 Å². The highest BCUT2D eigenvalue weighted by Crippen LogP contribution is 2.20. The monoisotopic (exact) mass is 265 g/mol. The average molecular weight is 265 g/mol. The number of rotatable bonds is 3. The van der Waals surface area contributed by atoms with Crippen LogP contribution >= 0.6 is 12.2 Å². The van der Waals surface area contributed by atoms with Gasteiger partial charge in [-0.25, -0.2) is 9.78 Å². The number of nitrogens with one attached hydrogen (secondary N) is 1. The first-order chi connectivity index (χ1) is 8.56. The Balaban J connectivity index is 2.57. The Kier molecular flexibility index (Phi) is 3.47. The summed E-state index contributed by atoms with van der Waals surface area (Å²) in [6.07, 6.45) is 1.70. The van der Waals surface area contributed by atoms with Crippen LogP contribution in [0.25, 0.3) is 11.2 Å². The molecule has 0 spiro atoms. The molecule has 2 aromatic heterocycles. The normalized spacial score (nSPS) is 12.6. The zero-order valence-electron chi connectivity index (χ0n) is 10.6. The van der Waals surface area contributed by atoms with Gasteiger partial charge in [0.05, 0.1) is 12.1 Å². The second kappa shape index (κ2) is 4.89. The highest BCUT2D eigenvalue weighted by atomic mass is 32.1. The van der Waals surface area contributed by atoms with E-state index >= 15 is 0 Å². The highest BCUT2D eigenvalue weighted by molar-refractivity contribution is 7.71. The first-order valence-electron chi connectivity index (χ1n) is 5.78. The van der Waals surface area contributed by atoms with Gasteiger partial charge in [-0.1, -0.05) is 0 Å². The summed E-state index contributed by atoms with van der Waals surface area (Å²) in [5.41, 5.74) is 2.58. The number of nitrogens with zero attached hydrogens (tertiary/aromatic N) is 2. The maximum atomic E-state index is 11.8. The minimum atomic E-state index is -0.486. The molecule has 6 heteroatoms. The zero-order chi connectivity index (χ0) is 13.3. The number of pyridine rings is 1. The second-order valence-electron chi connectivity index (χ2n) is 4.05. The zero-order valence-corrected chi connectivity index (χ0v) is 11.4. The van der Waals surface area contributed by atoms with Crippen molar-refractivity contribution in [2.45, 2.75) is 26.8 Å². The van der Waals surface area contributed by atoms with Crippen molar-refractivity contribution in [2.75, 3.05) is 6.61 Å². The fraction of sp³-hybridized carbons (Fsp3) is 0.417. The molecule has 0 amide bonds.